The van der Waals surface area contributed by atoms with E-state index in [4.69, 9.17) is 4.42 Å². The van der Waals surface area contributed by atoms with Gasteiger partial charge in [-0.3, -0.25) is 0 Å². The molecule has 0 bridgehead atoms. The first kappa shape index (κ1) is 15.1. The third-order valence-electron chi connectivity index (χ3n) is 3.41. The van der Waals surface area contributed by atoms with Gasteiger partial charge in [0, 0.05) is 13.1 Å². The zero-order valence-electron chi connectivity index (χ0n) is 12.6. The van der Waals surface area contributed by atoms with Gasteiger partial charge < -0.3 is 14.6 Å². The van der Waals surface area contributed by atoms with Gasteiger partial charge >= 0.3 is 0 Å². The minimum Gasteiger partial charge on any atom is -0.467 e. The van der Waals surface area contributed by atoms with Gasteiger partial charge in [-0.2, -0.15) is 5.26 Å². The Bertz CT molecular complexity index is 599. The lowest BCUT2D eigenvalue weighted by molar-refractivity contribution is 0.503. The fourth-order valence-electron chi connectivity index (χ4n) is 2.29. The van der Waals surface area contributed by atoms with Crippen molar-refractivity contribution in [2.75, 3.05) is 18.0 Å². The molecule has 1 aromatic carbocycles. The van der Waals surface area contributed by atoms with E-state index in [-0.39, 0.29) is 0 Å². The molecule has 0 spiro atoms. The number of nitrogens with zero attached hydrogens (tertiary/aromatic N) is 2. The van der Waals surface area contributed by atoms with Crippen LogP contribution in [0.2, 0.25) is 0 Å². The number of benzene rings is 1. The highest BCUT2D eigenvalue weighted by Crippen LogP contribution is 2.23. The molecule has 0 unspecified atom stereocenters. The van der Waals surface area contributed by atoms with Crippen LogP contribution in [0.3, 0.4) is 0 Å². The van der Waals surface area contributed by atoms with Gasteiger partial charge in [0.1, 0.15) is 11.8 Å². The summed E-state index contributed by atoms with van der Waals surface area (Å²) in [7, 11) is 0. The van der Waals surface area contributed by atoms with E-state index >= 15 is 0 Å². The Labute approximate surface area is 126 Å². The van der Waals surface area contributed by atoms with Crippen LogP contribution in [-0.4, -0.2) is 13.1 Å². The van der Waals surface area contributed by atoms with E-state index in [1.165, 1.54) is 0 Å². The second-order valence-electron chi connectivity index (χ2n) is 4.84. The number of nitrogens with one attached hydrogen (secondary N) is 1. The molecule has 4 heteroatoms. The van der Waals surface area contributed by atoms with Crippen molar-refractivity contribution in [2.45, 2.75) is 26.9 Å². The van der Waals surface area contributed by atoms with E-state index in [0.717, 1.165) is 36.6 Å². The Morgan fingerprint density at radius 3 is 2.76 bits per heavy atom. The highest BCUT2D eigenvalue weighted by molar-refractivity contribution is 5.60. The maximum Gasteiger partial charge on any atom is 0.123 e. The first-order valence-corrected chi connectivity index (χ1v) is 7.29. The van der Waals surface area contributed by atoms with Gasteiger partial charge in [0.15, 0.2) is 0 Å². The molecule has 4 nitrogen and oxygen atoms in total. The summed E-state index contributed by atoms with van der Waals surface area (Å²) in [4.78, 5) is 2.15. The molecule has 2 aromatic rings. The third kappa shape index (κ3) is 3.87. The summed E-state index contributed by atoms with van der Waals surface area (Å²) in [6, 6.07) is 12.2. The number of hydrogen-bond donors (Lipinski definition) is 1. The number of furan rings is 1. The summed E-state index contributed by atoms with van der Waals surface area (Å²) in [6.07, 6.45) is 1.67. The van der Waals surface area contributed by atoms with Gasteiger partial charge in [-0.1, -0.05) is 13.0 Å². The molecule has 0 saturated heterocycles. The number of rotatable bonds is 7. The first-order valence-electron chi connectivity index (χ1n) is 7.29. The molecule has 110 valence electrons. The van der Waals surface area contributed by atoms with Crippen LogP contribution in [0.5, 0.6) is 0 Å². The van der Waals surface area contributed by atoms with E-state index in [1.54, 1.807) is 6.26 Å². The molecule has 1 heterocycles. The predicted octanol–water partition coefficient (Wildman–Crippen LogP) is 3.29. The monoisotopic (exact) mass is 283 g/mol. The fourth-order valence-corrected chi connectivity index (χ4v) is 2.29. The van der Waals surface area contributed by atoms with Crippen molar-refractivity contribution in [1.29, 1.82) is 5.26 Å². The molecule has 0 aliphatic heterocycles. The van der Waals surface area contributed by atoms with Crippen LogP contribution in [0.1, 0.15) is 30.7 Å². The first-order chi connectivity index (χ1) is 10.3. The van der Waals surface area contributed by atoms with Crippen molar-refractivity contribution in [2.24, 2.45) is 0 Å². The zero-order valence-corrected chi connectivity index (χ0v) is 12.6. The van der Waals surface area contributed by atoms with Crippen LogP contribution in [0, 0.1) is 11.3 Å². The lowest BCUT2D eigenvalue weighted by atomic mass is 10.1. The quantitative estimate of drug-likeness (QED) is 0.847. The molecular formula is C17H21N3O. The van der Waals surface area contributed by atoms with Crippen LogP contribution in [0.25, 0.3) is 0 Å². The summed E-state index contributed by atoms with van der Waals surface area (Å²) in [5.74, 6) is 0.900. The Morgan fingerprint density at radius 2 is 2.14 bits per heavy atom. The van der Waals surface area contributed by atoms with E-state index in [9.17, 15) is 5.26 Å². The summed E-state index contributed by atoms with van der Waals surface area (Å²) in [6.45, 7) is 7.35. The Morgan fingerprint density at radius 1 is 1.29 bits per heavy atom. The summed E-state index contributed by atoms with van der Waals surface area (Å²) in [5.41, 5.74) is 2.79. The second kappa shape index (κ2) is 7.51. The topological polar surface area (TPSA) is 52.2 Å². The van der Waals surface area contributed by atoms with Crippen LogP contribution < -0.4 is 10.2 Å². The maximum atomic E-state index is 9.42. The standard InChI is InChI=1S/C17H21N3O/c1-3-19-12-14-7-8-17(15(10-14)11-18)20(4-2)13-16-6-5-9-21-16/h5-10,19H,3-4,12-13H2,1-2H3. The molecule has 0 atom stereocenters. The molecule has 0 saturated carbocycles. The Kier molecular flexibility index (Phi) is 5.42. The predicted molar refractivity (Wildman–Crippen MR) is 84.0 cm³/mol. The highest BCUT2D eigenvalue weighted by Gasteiger charge is 2.12. The molecule has 1 N–H and O–H groups in total. The van der Waals surface area contributed by atoms with Crippen molar-refractivity contribution >= 4 is 5.69 Å². The van der Waals surface area contributed by atoms with Crippen LogP contribution in [-0.2, 0) is 13.1 Å². The molecule has 0 aliphatic carbocycles. The second-order valence-corrected chi connectivity index (χ2v) is 4.84. The molecule has 21 heavy (non-hydrogen) atoms. The molecule has 0 amide bonds. The lowest BCUT2D eigenvalue weighted by Gasteiger charge is -2.23. The van der Waals surface area contributed by atoms with Crippen molar-refractivity contribution in [3.8, 4) is 6.07 Å². The van der Waals surface area contributed by atoms with E-state index < -0.39 is 0 Å². The van der Waals surface area contributed by atoms with Crippen LogP contribution in [0.4, 0.5) is 5.69 Å². The molecule has 2 rings (SSSR count). The number of anilines is 1. The molecule has 1 aromatic heterocycles. The molecular weight excluding hydrogens is 262 g/mol. The van der Waals surface area contributed by atoms with Gasteiger partial charge in [0.2, 0.25) is 0 Å². The third-order valence-corrected chi connectivity index (χ3v) is 3.41. The summed E-state index contributed by atoms with van der Waals surface area (Å²) in [5, 5.41) is 12.7. The average Bonchev–Trinajstić information content (AvgIpc) is 3.03. The molecule has 0 fully saturated rings. The lowest BCUT2D eigenvalue weighted by Crippen LogP contribution is -2.23. The largest absolute Gasteiger partial charge is 0.467 e. The van der Waals surface area contributed by atoms with Crippen LogP contribution >= 0.6 is 0 Å². The minimum atomic E-state index is 0.671. The van der Waals surface area contributed by atoms with Gasteiger partial charge in [-0.05, 0) is 43.3 Å². The zero-order chi connectivity index (χ0) is 15.1. The normalized spacial score (nSPS) is 10.3. The van der Waals surface area contributed by atoms with Gasteiger partial charge in [-0.25, -0.2) is 0 Å². The molecule has 0 radical (unpaired) electrons. The van der Waals surface area contributed by atoms with Crippen molar-refractivity contribution in [3.05, 3.63) is 53.5 Å². The van der Waals surface area contributed by atoms with E-state index in [1.807, 2.05) is 24.3 Å². The fraction of sp³-hybridized carbons (Fsp3) is 0.353. The minimum absolute atomic E-state index is 0.671. The van der Waals surface area contributed by atoms with E-state index in [0.29, 0.717) is 12.1 Å². The smallest absolute Gasteiger partial charge is 0.123 e. The van der Waals surface area contributed by atoms with Gasteiger partial charge in [-0.15, -0.1) is 0 Å². The van der Waals surface area contributed by atoms with Crippen LogP contribution in [0.15, 0.2) is 41.0 Å². The Balaban J connectivity index is 2.22. The molecule has 0 aliphatic rings. The summed E-state index contributed by atoms with van der Waals surface area (Å²) >= 11 is 0. The summed E-state index contributed by atoms with van der Waals surface area (Å²) < 4.78 is 5.40. The van der Waals surface area contributed by atoms with Crippen molar-refractivity contribution in [1.82, 2.24) is 5.32 Å². The van der Waals surface area contributed by atoms with Crippen molar-refractivity contribution < 1.29 is 4.42 Å². The van der Waals surface area contributed by atoms with Gasteiger partial charge in [0.05, 0.1) is 24.1 Å². The number of nitriles is 1. The SMILES string of the molecule is CCNCc1ccc(N(CC)Cc2ccco2)c(C#N)c1. The average molecular weight is 283 g/mol. The van der Waals surface area contributed by atoms with E-state index in [2.05, 4.69) is 36.2 Å². The maximum absolute atomic E-state index is 9.42. The van der Waals surface area contributed by atoms with Gasteiger partial charge in [0.25, 0.3) is 0 Å². The van der Waals surface area contributed by atoms with Crippen molar-refractivity contribution in [3.63, 3.8) is 0 Å². The number of hydrogen-bond acceptors (Lipinski definition) is 4. The highest BCUT2D eigenvalue weighted by atomic mass is 16.3. The Hall–Kier alpha value is -2.25.